The Morgan fingerprint density at radius 1 is 1.22 bits per heavy atom. The Bertz CT molecular complexity index is 920. The SMILES string of the molecule is O=c1nc2n(Cc3ccc(Cl)nc3)cccc-2c(=O)n1CCF. The molecule has 118 valence electrons. The van der Waals surface area contributed by atoms with Crippen LogP contribution in [0.15, 0.2) is 46.2 Å². The van der Waals surface area contributed by atoms with Crippen molar-refractivity contribution in [3.05, 3.63) is 68.2 Å². The lowest BCUT2D eigenvalue weighted by Gasteiger charge is -2.14. The van der Waals surface area contributed by atoms with E-state index in [0.717, 1.165) is 10.1 Å². The molecule has 0 aromatic carbocycles. The molecule has 0 saturated heterocycles. The first-order valence-electron chi connectivity index (χ1n) is 6.86. The van der Waals surface area contributed by atoms with E-state index < -0.39 is 17.9 Å². The maximum atomic E-state index is 12.5. The largest absolute Gasteiger partial charge is 0.352 e. The van der Waals surface area contributed by atoms with Gasteiger partial charge in [0.25, 0.3) is 5.56 Å². The summed E-state index contributed by atoms with van der Waals surface area (Å²) in [5, 5.41) is 0.380. The lowest BCUT2D eigenvalue weighted by atomic mass is 10.2. The summed E-state index contributed by atoms with van der Waals surface area (Å²) in [5.41, 5.74) is -0.188. The fourth-order valence-corrected chi connectivity index (χ4v) is 2.44. The monoisotopic (exact) mass is 334 g/mol. The third kappa shape index (κ3) is 3.00. The number of hydrogen-bond donors (Lipinski definition) is 0. The first kappa shape index (κ1) is 15.4. The van der Waals surface area contributed by atoms with Gasteiger partial charge in [-0.15, -0.1) is 0 Å². The molecule has 0 saturated carbocycles. The van der Waals surface area contributed by atoms with Gasteiger partial charge in [0.2, 0.25) is 0 Å². The zero-order valence-electron chi connectivity index (χ0n) is 11.9. The standard InChI is InChI=1S/C15H12ClFN4O2/c16-12-4-3-10(8-18-12)9-20-6-1-2-11-13(20)19-15(23)21(7-5-17)14(11)22/h1-4,6,8H,5,7,9H2. The van der Waals surface area contributed by atoms with Gasteiger partial charge in [0.15, 0.2) is 5.82 Å². The normalized spacial score (nSPS) is 11.0. The molecule has 0 aliphatic carbocycles. The summed E-state index contributed by atoms with van der Waals surface area (Å²) in [6, 6.07) is 6.70. The minimum Gasteiger partial charge on any atom is -0.328 e. The molecule has 1 aromatic heterocycles. The molecule has 23 heavy (non-hydrogen) atoms. The Balaban J connectivity index is 2.10. The summed E-state index contributed by atoms with van der Waals surface area (Å²) in [4.78, 5) is 32.2. The fourth-order valence-electron chi connectivity index (χ4n) is 2.32. The number of pyridine rings is 2. The lowest BCUT2D eigenvalue weighted by Crippen LogP contribution is -2.38. The molecule has 8 heteroatoms. The number of rotatable bonds is 4. The Morgan fingerprint density at radius 2 is 2.04 bits per heavy atom. The zero-order valence-corrected chi connectivity index (χ0v) is 12.7. The van der Waals surface area contributed by atoms with Crippen molar-refractivity contribution in [3.63, 3.8) is 0 Å². The van der Waals surface area contributed by atoms with Crippen LogP contribution < -0.4 is 11.2 Å². The maximum absolute atomic E-state index is 12.5. The summed E-state index contributed by atoms with van der Waals surface area (Å²) in [7, 11) is 0. The Hall–Kier alpha value is -2.54. The summed E-state index contributed by atoms with van der Waals surface area (Å²) in [6.07, 6.45) is 3.32. The Labute approximate surface area is 135 Å². The van der Waals surface area contributed by atoms with Crippen molar-refractivity contribution in [3.8, 4) is 11.4 Å². The predicted molar refractivity (Wildman–Crippen MR) is 83.7 cm³/mol. The van der Waals surface area contributed by atoms with Gasteiger partial charge in [-0.25, -0.2) is 14.2 Å². The number of aromatic nitrogens is 4. The minimum absolute atomic E-state index is 0.257. The van der Waals surface area contributed by atoms with Crippen LogP contribution in [0.1, 0.15) is 5.56 Å². The summed E-state index contributed by atoms with van der Waals surface area (Å²) >= 11 is 5.75. The van der Waals surface area contributed by atoms with E-state index in [0.29, 0.717) is 11.7 Å². The second kappa shape index (κ2) is 6.29. The molecular weight excluding hydrogens is 323 g/mol. The average Bonchev–Trinajstić information content (AvgIpc) is 2.54. The van der Waals surface area contributed by atoms with E-state index in [1.54, 1.807) is 41.2 Å². The molecule has 0 amide bonds. The van der Waals surface area contributed by atoms with Crippen LogP contribution in [0.3, 0.4) is 0 Å². The second-order valence-electron chi connectivity index (χ2n) is 4.90. The highest BCUT2D eigenvalue weighted by molar-refractivity contribution is 6.29. The van der Waals surface area contributed by atoms with E-state index in [9.17, 15) is 14.0 Å². The van der Waals surface area contributed by atoms with Gasteiger partial charge in [-0.3, -0.25) is 9.36 Å². The van der Waals surface area contributed by atoms with E-state index >= 15 is 0 Å². The number of fused-ring (bicyclic) bond motifs is 1. The van der Waals surface area contributed by atoms with E-state index in [1.807, 2.05) is 0 Å². The van der Waals surface area contributed by atoms with E-state index in [-0.39, 0.29) is 17.9 Å². The maximum Gasteiger partial charge on any atom is 0.352 e. The summed E-state index contributed by atoms with van der Waals surface area (Å²) in [6.45, 7) is -0.720. The topological polar surface area (TPSA) is 69.8 Å². The van der Waals surface area contributed by atoms with Crippen molar-refractivity contribution in [2.24, 2.45) is 0 Å². The molecule has 0 atom stereocenters. The molecule has 3 heterocycles. The second-order valence-corrected chi connectivity index (χ2v) is 5.29. The molecule has 3 rings (SSSR count). The van der Waals surface area contributed by atoms with E-state index in [2.05, 4.69) is 9.97 Å². The van der Waals surface area contributed by atoms with E-state index in [1.165, 1.54) is 0 Å². The Kier molecular flexibility index (Phi) is 4.20. The van der Waals surface area contributed by atoms with Gasteiger partial charge in [0.05, 0.1) is 18.7 Å². The van der Waals surface area contributed by atoms with Gasteiger partial charge in [0, 0.05) is 12.4 Å². The number of halogens is 2. The molecule has 0 N–H and O–H groups in total. The van der Waals surface area contributed by atoms with Crippen molar-refractivity contribution in [2.75, 3.05) is 6.67 Å². The third-order valence-electron chi connectivity index (χ3n) is 3.40. The molecule has 6 nitrogen and oxygen atoms in total. The number of alkyl halides is 1. The molecule has 0 fully saturated rings. The first-order chi connectivity index (χ1) is 11.1. The predicted octanol–water partition coefficient (Wildman–Crippen LogP) is 1.58. The first-order valence-corrected chi connectivity index (χ1v) is 7.24. The highest BCUT2D eigenvalue weighted by atomic mass is 35.5. The van der Waals surface area contributed by atoms with Crippen LogP contribution >= 0.6 is 11.6 Å². The third-order valence-corrected chi connectivity index (χ3v) is 3.62. The van der Waals surface area contributed by atoms with Crippen LogP contribution in [-0.4, -0.2) is 25.8 Å². The molecule has 0 radical (unpaired) electrons. The van der Waals surface area contributed by atoms with E-state index in [4.69, 9.17) is 11.6 Å². The average molecular weight is 335 g/mol. The number of hydrogen-bond acceptors (Lipinski definition) is 4. The highest BCUT2D eigenvalue weighted by Gasteiger charge is 2.16. The summed E-state index contributed by atoms with van der Waals surface area (Å²) in [5.74, 6) is 0.257. The Morgan fingerprint density at radius 3 is 2.74 bits per heavy atom. The molecule has 0 spiro atoms. The van der Waals surface area contributed by atoms with Crippen molar-refractivity contribution >= 4 is 11.6 Å². The molecule has 2 aliphatic heterocycles. The fraction of sp³-hybridized carbons (Fsp3) is 0.200. The van der Waals surface area contributed by atoms with Crippen LogP contribution in [0.4, 0.5) is 4.39 Å². The lowest BCUT2D eigenvalue weighted by molar-refractivity contribution is 0.431. The van der Waals surface area contributed by atoms with Crippen LogP contribution in [0.5, 0.6) is 0 Å². The van der Waals surface area contributed by atoms with Crippen molar-refractivity contribution in [1.82, 2.24) is 19.1 Å². The van der Waals surface area contributed by atoms with Gasteiger partial charge >= 0.3 is 5.69 Å². The number of nitrogens with zero attached hydrogens (tertiary/aromatic N) is 4. The molecular formula is C15H12ClFN4O2. The van der Waals surface area contributed by atoms with Crippen LogP contribution in [-0.2, 0) is 13.1 Å². The molecule has 0 bridgehead atoms. The smallest absolute Gasteiger partial charge is 0.328 e. The zero-order chi connectivity index (χ0) is 16.4. The van der Waals surface area contributed by atoms with Crippen LogP contribution in [0.2, 0.25) is 5.15 Å². The molecule has 1 aromatic rings. The van der Waals surface area contributed by atoms with Gasteiger partial charge in [-0.1, -0.05) is 17.7 Å². The van der Waals surface area contributed by atoms with Gasteiger partial charge in [-0.2, -0.15) is 4.98 Å². The van der Waals surface area contributed by atoms with Crippen molar-refractivity contribution in [2.45, 2.75) is 13.1 Å². The van der Waals surface area contributed by atoms with Gasteiger partial charge in [-0.05, 0) is 23.8 Å². The molecule has 2 aliphatic rings. The molecule has 0 unspecified atom stereocenters. The van der Waals surface area contributed by atoms with Crippen LogP contribution in [0, 0.1) is 0 Å². The van der Waals surface area contributed by atoms with Crippen molar-refractivity contribution < 1.29 is 4.39 Å². The van der Waals surface area contributed by atoms with Crippen molar-refractivity contribution in [1.29, 1.82) is 0 Å². The van der Waals surface area contributed by atoms with Gasteiger partial charge < -0.3 is 4.57 Å². The van der Waals surface area contributed by atoms with Gasteiger partial charge in [0.1, 0.15) is 11.8 Å². The summed E-state index contributed by atoms with van der Waals surface area (Å²) < 4.78 is 15.0. The quantitative estimate of drug-likeness (QED) is 0.679. The highest BCUT2D eigenvalue weighted by Crippen LogP contribution is 2.15. The minimum atomic E-state index is -0.800. The van der Waals surface area contributed by atoms with Crippen LogP contribution in [0.25, 0.3) is 11.4 Å².